The molecule has 5 heteroatoms. The zero-order chi connectivity index (χ0) is 19.1. The van der Waals surface area contributed by atoms with Crippen molar-refractivity contribution in [2.45, 2.75) is 6.42 Å². The van der Waals surface area contributed by atoms with Crippen LogP contribution in [0.15, 0.2) is 66.7 Å². The van der Waals surface area contributed by atoms with Gasteiger partial charge in [-0.2, -0.15) is 0 Å². The number of ether oxygens (including phenoxy) is 1. The summed E-state index contributed by atoms with van der Waals surface area (Å²) in [5.74, 6) is 1.66. The molecule has 1 aliphatic heterocycles. The lowest BCUT2D eigenvalue weighted by molar-refractivity contribution is 0.102. The number of aromatic nitrogens is 2. The highest BCUT2D eigenvalue weighted by atomic mass is 16.5. The second-order valence-electron chi connectivity index (χ2n) is 6.94. The van der Waals surface area contributed by atoms with Gasteiger partial charge in [0.25, 0.3) is 5.91 Å². The first-order valence-corrected chi connectivity index (χ1v) is 9.28. The van der Waals surface area contributed by atoms with Gasteiger partial charge in [0.1, 0.15) is 11.6 Å². The van der Waals surface area contributed by atoms with Crippen LogP contribution in [0.25, 0.3) is 22.4 Å². The summed E-state index contributed by atoms with van der Waals surface area (Å²) in [4.78, 5) is 17.3. The lowest BCUT2D eigenvalue weighted by atomic mass is 10.1. The third-order valence-electron chi connectivity index (χ3n) is 5.14. The van der Waals surface area contributed by atoms with Gasteiger partial charge in [-0.15, -0.1) is 0 Å². The van der Waals surface area contributed by atoms with E-state index in [4.69, 9.17) is 9.72 Å². The number of hydrogen-bond acceptors (Lipinski definition) is 3. The molecule has 0 atom stereocenters. The molecule has 5 nitrogen and oxygen atoms in total. The van der Waals surface area contributed by atoms with Crippen LogP contribution < -0.4 is 10.1 Å². The average Bonchev–Trinajstić information content (AvgIpc) is 3.33. The van der Waals surface area contributed by atoms with E-state index in [2.05, 4.69) is 16.0 Å². The van der Waals surface area contributed by atoms with E-state index in [1.807, 2.05) is 61.6 Å². The first-order chi connectivity index (χ1) is 13.7. The van der Waals surface area contributed by atoms with Gasteiger partial charge in [0, 0.05) is 30.3 Å². The third kappa shape index (κ3) is 2.81. The van der Waals surface area contributed by atoms with Crippen LogP contribution >= 0.6 is 0 Å². The summed E-state index contributed by atoms with van der Waals surface area (Å²) in [6.45, 7) is 0.685. The largest absolute Gasteiger partial charge is 0.493 e. The number of anilines is 1. The molecule has 4 aromatic rings. The van der Waals surface area contributed by atoms with Crippen LogP contribution in [-0.4, -0.2) is 22.1 Å². The fraction of sp³-hybridized carbons (Fsp3) is 0.130. The van der Waals surface area contributed by atoms with Crippen molar-refractivity contribution in [1.82, 2.24) is 9.55 Å². The number of fused-ring (bicyclic) bond motifs is 2. The quantitative estimate of drug-likeness (QED) is 0.581. The van der Waals surface area contributed by atoms with Gasteiger partial charge in [-0.05, 0) is 60.2 Å². The SMILES string of the molecule is Cn1c(-c2ccc(NC(=O)c3ccc4c(c3)CCO4)cc2)nc2ccccc21. The van der Waals surface area contributed by atoms with E-state index in [-0.39, 0.29) is 5.91 Å². The van der Waals surface area contributed by atoms with Crippen LogP contribution in [0.5, 0.6) is 5.75 Å². The fourth-order valence-electron chi connectivity index (χ4n) is 3.64. The van der Waals surface area contributed by atoms with Gasteiger partial charge < -0.3 is 14.6 Å². The van der Waals surface area contributed by atoms with Gasteiger partial charge in [-0.25, -0.2) is 4.98 Å². The van der Waals surface area contributed by atoms with Crippen molar-refractivity contribution in [2.24, 2.45) is 7.05 Å². The van der Waals surface area contributed by atoms with Gasteiger partial charge in [0.2, 0.25) is 0 Å². The maximum atomic E-state index is 12.6. The van der Waals surface area contributed by atoms with Crippen molar-refractivity contribution in [3.8, 4) is 17.1 Å². The Hall–Kier alpha value is -3.60. The maximum Gasteiger partial charge on any atom is 0.255 e. The molecular formula is C23H19N3O2. The van der Waals surface area contributed by atoms with Gasteiger partial charge in [0.05, 0.1) is 17.6 Å². The summed E-state index contributed by atoms with van der Waals surface area (Å²) in [6.07, 6.45) is 0.850. The van der Waals surface area contributed by atoms with Gasteiger partial charge in [-0.1, -0.05) is 12.1 Å². The van der Waals surface area contributed by atoms with Crippen LogP contribution in [-0.2, 0) is 13.5 Å². The van der Waals surface area contributed by atoms with Crippen LogP contribution in [0.4, 0.5) is 5.69 Å². The molecule has 2 heterocycles. The second-order valence-corrected chi connectivity index (χ2v) is 6.94. The molecule has 1 aliphatic rings. The highest BCUT2D eigenvalue weighted by Crippen LogP contribution is 2.27. The lowest BCUT2D eigenvalue weighted by Crippen LogP contribution is -2.12. The van der Waals surface area contributed by atoms with E-state index in [1.54, 1.807) is 6.07 Å². The molecule has 0 spiro atoms. The summed E-state index contributed by atoms with van der Waals surface area (Å²) >= 11 is 0. The zero-order valence-corrected chi connectivity index (χ0v) is 15.5. The van der Waals surface area contributed by atoms with Crippen molar-refractivity contribution in [3.63, 3.8) is 0 Å². The number of rotatable bonds is 3. The number of hydrogen-bond donors (Lipinski definition) is 1. The van der Waals surface area contributed by atoms with Crippen molar-refractivity contribution in [1.29, 1.82) is 0 Å². The number of nitrogens with zero attached hydrogens (tertiary/aromatic N) is 2. The smallest absolute Gasteiger partial charge is 0.255 e. The Morgan fingerprint density at radius 2 is 1.89 bits per heavy atom. The van der Waals surface area contributed by atoms with Gasteiger partial charge >= 0.3 is 0 Å². The molecule has 0 bridgehead atoms. The number of nitrogens with one attached hydrogen (secondary N) is 1. The summed E-state index contributed by atoms with van der Waals surface area (Å²) in [7, 11) is 2.01. The molecule has 0 fully saturated rings. The standard InChI is InChI=1S/C23H19N3O2/c1-26-20-5-3-2-4-19(20)25-22(26)15-6-9-18(10-7-15)24-23(27)17-8-11-21-16(14-17)12-13-28-21/h2-11,14H,12-13H2,1H3,(H,24,27). The summed E-state index contributed by atoms with van der Waals surface area (Å²) in [5.41, 5.74) is 5.55. The highest BCUT2D eigenvalue weighted by Gasteiger charge is 2.15. The van der Waals surface area contributed by atoms with Crippen LogP contribution in [0.3, 0.4) is 0 Å². The molecular weight excluding hydrogens is 350 g/mol. The summed E-state index contributed by atoms with van der Waals surface area (Å²) < 4.78 is 7.58. The topological polar surface area (TPSA) is 56.2 Å². The predicted molar refractivity (Wildman–Crippen MR) is 110 cm³/mol. The average molecular weight is 369 g/mol. The summed E-state index contributed by atoms with van der Waals surface area (Å²) in [6, 6.07) is 21.4. The predicted octanol–water partition coefficient (Wildman–Crippen LogP) is 4.43. The Kier molecular flexibility index (Phi) is 3.86. The molecule has 3 aromatic carbocycles. The maximum absolute atomic E-state index is 12.6. The minimum atomic E-state index is -0.120. The lowest BCUT2D eigenvalue weighted by Gasteiger charge is -2.08. The van der Waals surface area contributed by atoms with Gasteiger partial charge in [-0.3, -0.25) is 4.79 Å². The van der Waals surface area contributed by atoms with E-state index in [9.17, 15) is 4.79 Å². The van der Waals surface area contributed by atoms with Gasteiger partial charge in [0.15, 0.2) is 0 Å². The molecule has 1 N–H and O–H groups in total. The van der Waals surface area contributed by atoms with Crippen LogP contribution in [0.2, 0.25) is 0 Å². The van der Waals surface area contributed by atoms with E-state index in [0.717, 1.165) is 45.8 Å². The minimum absolute atomic E-state index is 0.120. The van der Waals surface area contributed by atoms with Crippen molar-refractivity contribution in [3.05, 3.63) is 77.9 Å². The normalized spacial score (nSPS) is 12.6. The van der Waals surface area contributed by atoms with E-state index < -0.39 is 0 Å². The molecule has 28 heavy (non-hydrogen) atoms. The number of benzene rings is 3. The number of imidazole rings is 1. The Morgan fingerprint density at radius 3 is 2.71 bits per heavy atom. The van der Waals surface area contributed by atoms with Crippen LogP contribution in [0, 0.1) is 0 Å². The number of amides is 1. The van der Waals surface area contributed by atoms with Crippen molar-refractivity contribution < 1.29 is 9.53 Å². The molecule has 0 aliphatic carbocycles. The minimum Gasteiger partial charge on any atom is -0.493 e. The Labute approximate surface area is 162 Å². The van der Waals surface area contributed by atoms with E-state index in [1.165, 1.54) is 0 Å². The Morgan fingerprint density at radius 1 is 1.07 bits per heavy atom. The van der Waals surface area contributed by atoms with Crippen molar-refractivity contribution >= 4 is 22.6 Å². The Bertz CT molecular complexity index is 1190. The molecule has 0 saturated carbocycles. The molecule has 138 valence electrons. The van der Waals surface area contributed by atoms with E-state index >= 15 is 0 Å². The first-order valence-electron chi connectivity index (χ1n) is 9.28. The molecule has 0 saturated heterocycles. The first kappa shape index (κ1) is 16.6. The fourth-order valence-corrected chi connectivity index (χ4v) is 3.64. The Balaban J connectivity index is 1.37. The number of para-hydroxylation sites is 2. The molecule has 0 unspecified atom stereocenters. The number of aryl methyl sites for hydroxylation is 1. The number of carbonyl (C=O) groups is 1. The monoisotopic (exact) mass is 369 g/mol. The third-order valence-corrected chi connectivity index (χ3v) is 5.14. The second kappa shape index (κ2) is 6.53. The molecule has 0 radical (unpaired) electrons. The molecule has 5 rings (SSSR count). The van der Waals surface area contributed by atoms with E-state index in [0.29, 0.717) is 12.2 Å². The summed E-state index contributed by atoms with van der Waals surface area (Å²) in [5, 5.41) is 2.96. The van der Waals surface area contributed by atoms with Crippen LogP contribution in [0.1, 0.15) is 15.9 Å². The number of carbonyl (C=O) groups excluding carboxylic acids is 1. The highest BCUT2D eigenvalue weighted by molar-refractivity contribution is 6.04. The molecule has 1 aromatic heterocycles. The zero-order valence-electron chi connectivity index (χ0n) is 15.5. The van der Waals surface area contributed by atoms with Crippen molar-refractivity contribution in [2.75, 3.05) is 11.9 Å². The molecule has 1 amide bonds.